The van der Waals surface area contributed by atoms with Gasteiger partial charge >= 0.3 is 6.01 Å². The number of allylic oxidation sites excluding steroid dienone is 1. The highest BCUT2D eigenvalue weighted by Crippen LogP contribution is 2.36. The Balaban J connectivity index is 1.47. The van der Waals surface area contributed by atoms with E-state index in [2.05, 4.69) is 53.5 Å². The zero-order valence-corrected chi connectivity index (χ0v) is 25.9. The van der Waals surface area contributed by atoms with Crippen molar-refractivity contribution in [3.05, 3.63) is 64.1 Å². The lowest BCUT2D eigenvalue weighted by Gasteiger charge is -2.42. The second-order valence-corrected chi connectivity index (χ2v) is 11.9. The fraction of sp³-hybridized carbons (Fsp3) is 0.500. The zero-order valence-electron chi connectivity index (χ0n) is 25.2. The van der Waals surface area contributed by atoms with Gasteiger partial charge < -0.3 is 24.3 Å². The maximum absolute atomic E-state index is 13.8. The first kappa shape index (κ1) is 30.8. The molecule has 0 bridgehead atoms. The van der Waals surface area contributed by atoms with E-state index in [0.29, 0.717) is 49.7 Å². The number of benzene rings is 1. The van der Waals surface area contributed by atoms with Gasteiger partial charge in [0.2, 0.25) is 0 Å². The number of carbonyl (C=O) groups excluding carboxylic acids is 1. The van der Waals surface area contributed by atoms with Crippen molar-refractivity contribution in [2.45, 2.75) is 58.2 Å². The van der Waals surface area contributed by atoms with Gasteiger partial charge in [0, 0.05) is 49.0 Å². The van der Waals surface area contributed by atoms with Crippen LogP contribution >= 0.6 is 11.6 Å². The summed E-state index contributed by atoms with van der Waals surface area (Å²) in [7, 11) is 2.11. The fourth-order valence-corrected chi connectivity index (χ4v) is 6.79. The molecular weight excluding hydrogens is 569 g/mol. The number of likely N-dealkylation sites (tertiary alicyclic amines) is 1. The Morgan fingerprint density at radius 1 is 1.26 bits per heavy atom. The van der Waals surface area contributed by atoms with Crippen LogP contribution in [-0.2, 0) is 17.8 Å². The highest BCUT2D eigenvalue weighted by molar-refractivity contribution is 6.32. The Kier molecular flexibility index (Phi) is 9.52. The summed E-state index contributed by atoms with van der Waals surface area (Å²) in [5, 5.41) is 10.2. The normalized spacial score (nSPS) is 21.0. The minimum Gasteiger partial charge on any atom is -0.462 e. The van der Waals surface area contributed by atoms with Gasteiger partial charge in [0.25, 0.3) is 5.91 Å². The molecule has 5 rings (SSSR count). The van der Waals surface area contributed by atoms with E-state index in [1.165, 1.54) is 4.90 Å². The van der Waals surface area contributed by atoms with E-state index in [9.17, 15) is 14.4 Å². The summed E-state index contributed by atoms with van der Waals surface area (Å²) in [6.07, 6.45) is 5.07. The molecule has 0 N–H and O–H groups in total. The largest absolute Gasteiger partial charge is 0.462 e. The van der Waals surface area contributed by atoms with Gasteiger partial charge in [0.05, 0.1) is 35.8 Å². The van der Waals surface area contributed by atoms with E-state index in [-0.39, 0.29) is 13.0 Å². The molecule has 1 aromatic carbocycles. The molecule has 4 heterocycles. The number of nitriles is 1. The zero-order chi connectivity index (χ0) is 30.7. The van der Waals surface area contributed by atoms with Crippen LogP contribution in [0.5, 0.6) is 6.01 Å². The molecule has 228 valence electrons. The molecule has 0 spiro atoms. The number of rotatable bonds is 8. The second-order valence-electron chi connectivity index (χ2n) is 11.5. The van der Waals surface area contributed by atoms with Gasteiger partial charge in [-0.3, -0.25) is 4.79 Å². The van der Waals surface area contributed by atoms with Crippen molar-refractivity contribution in [2.24, 2.45) is 0 Å². The number of anilines is 1. The molecule has 2 fully saturated rings. The average molecular weight is 608 g/mol. The van der Waals surface area contributed by atoms with Crippen molar-refractivity contribution in [1.82, 2.24) is 24.7 Å². The van der Waals surface area contributed by atoms with E-state index in [4.69, 9.17) is 26.3 Å². The average Bonchev–Trinajstić information content (AvgIpc) is 3.41. The van der Waals surface area contributed by atoms with E-state index >= 15 is 0 Å². The number of aromatic nitrogens is 2. The highest BCUT2D eigenvalue weighted by atomic mass is 35.5. The van der Waals surface area contributed by atoms with Gasteiger partial charge in [-0.25, -0.2) is 4.39 Å². The molecule has 11 heteroatoms. The summed E-state index contributed by atoms with van der Waals surface area (Å²) in [6, 6.07) is 8.23. The third-order valence-corrected chi connectivity index (χ3v) is 9.11. The number of hydrogen-bond acceptors (Lipinski definition) is 8. The molecule has 2 aromatic rings. The van der Waals surface area contributed by atoms with Crippen molar-refractivity contribution in [3.8, 4) is 12.1 Å². The number of nitrogens with zero attached hydrogens (tertiary/aromatic N) is 7. The molecule has 1 amide bonds. The van der Waals surface area contributed by atoms with Crippen LogP contribution in [0.1, 0.15) is 48.6 Å². The molecule has 3 aliphatic rings. The number of amides is 1. The lowest BCUT2D eigenvalue weighted by molar-refractivity contribution is -0.131. The van der Waals surface area contributed by atoms with Crippen molar-refractivity contribution in [1.29, 1.82) is 5.26 Å². The van der Waals surface area contributed by atoms with Crippen LogP contribution in [-0.4, -0.2) is 89.0 Å². The molecule has 0 radical (unpaired) electrons. The smallest absolute Gasteiger partial charge is 0.318 e. The van der Waals surface area contributed by atoms with Crippen molar-refractivity contribution in [3.63, 3.8) is 0 Å². The predicted molar refractivity (Wildman–Crippen MR) is 165 cm³/mol. The lowest BCUT2D eigenvalue weighted by Crippen LogP contribution is -2.55. The molecule has 9 nitrogen and oxygen atoms in total. The summed E-state index contributed by atoms with van der Waals surface area (Å²) in [4.78, 5) is 30.4. The number of ether oxygens (including phenoxy) is 1. The number of piperazine rings is 1. The Morgan fingerprint density at radius 2 is 2.07 bits per heavy atom. The Morgan fingerprint density at radius 3 is 2.74 bits per heavy atom. The summed E-state index contributed by atoms with van der Waals surface area (Å²) >= 11 is 6.68. The SMILES string of the molecule is C=C(F)C(=O)N1CCN(c2nc(OC[C@@H]3CCCN3C)nc3c2CCN(/C(=C/C)c2c(C)cccc2Cl)C3)C[C@@H]1CC#N. The molecule has 0 aliphatic carbocycles. The van der Waals surface area contributed by atoms with Gasteiger partial charge in [0.15, 0.2) is 5.83 Å². The summed E-state index contributed by atoms with van der Waals surface area (Å²) < 4.78 is 20.0. The van der Waals surface area contributed by atoms with Gasteiger partial charge in [-0.2, -0.15) is 15.2 Å². The molecule has 1 aromatic heterocycles. The number of carbonyl (C=O) groups is 1. The Hall–Kier alpha value is -3.68. The fourth-order valence-electron chi connectivity index (χ4n) is 6.47. The summed E-state index contributed by atoms with van der Waals surface area (Å²) in [6.45, 7) is 11.1. The molecule has 2 atom stereocenters. The third-order valence-electron chi connectivity index (χ3n) is 8.79. The van der Waals surface area contributed by atoms with Crippen molar-refractivity contribution in [2.75, 3.05) is 51.3 Å². The minimum atomic E-state index is -1.02. The molecule has 2 saturated heterocycles. The summed E-state index contributed by atoms with van der Waals surface area (Å²) in [5.41, 5.74) is 5.07. The topological polar surface area (TPSA) is 88.8 Å². The monoisotopic (exact) mass is 607 g/mol. The third kappa shape index (κ3) is 6.48. The van der Waals surface area contributed by atoms with Crippen LogP contribution in [0.4, 0.5) is 10.2 Å². The number of hydrogen-bond donors (Lipinski definition) is 0. The predicted octanol–water partition coefficient (Wildman–Crippen LogP) is 4.74. The first-order valence-electron chi connectivity index (χ1n) is 14.9. The standard InChI is InChI=1S/C32H39ClFN7O2/c1-5-28(29-21(2)8-6-10-26(29)33)39-15-12-25-27(19-39)36-32(43-20-24-9-7-14-38(24)4)37-30(25)40-16-17-41(31(42)22(3)34)23(18-40)11-13-35/h5-6,8,10,23-24H,3,7,9,11-12,14-20H2,1-2,4H3/b28-5+/t23-,24-/m0/s1. The van der Waals surface area contributed by atoms with Crippen molar-refractivity contribution < 1.29 is 13.9 Å². The lowest BCUT2D eigenvalue weighted by atomic mass is 9.99. The van der Waals surface area contributed by atoms with Crippen LogP contribution in [0.25, 0.3) is 5.70 Å². The van der Waals surface area contributed by atoms with Crippen molar-refractivity contribution >= 4 is 29.0 Å². The molecule has 0 saturated carbocycles. The highest BCUT2D eigenvalue weighted by Gasteiger charge is 2.35. The minimum absolute atomic E-state index is 0.0792. The van der Waals surface area contributed by atoms with Crippen LogP contribution in [0.15, 0.2) is 36.7 Å². The number of halogens is 2. The molecule has 43 heavy (non-hydrogen) atoms. The van der Waals surface area contributed by atoms with E-state index in [0.717, 1.165) is 59.8 Å². The van der Waals surface area contributed by atoms with Crippen LogP contribution in [0.2, 0.25) is 5.02 Å². The maximum Gasteiger partial charge on any atom is 0.318 e. The van der Waals surface area contributed by atoms with Gasteiger partial charge in [-0.05, 0) is 58.3 Å². The van der Waals surface area contributed by atoms with Gasteiger partial charge in [0.1, 0.15) is 12.4 Å². The molecule has 0 unspecified atom stereocenters. The second kappa shape index (κ2) is 13.3. The van der Waals surface area contributed by atoms with E-state index in [1.54, 1.807) is 0 Å². The van der Waals surface area contributed by atoms with Gasteiger partial charge in [-0.15, -0.1) is 0 Å². The molecular formula is C32H39ClFN7O2. The first-order valence-corrected chi connectivity index (χ1v) is 15.3. The quantitative estimate of drug-likeness (QED) is 0.398. The maximum atomic E-state index is 13.8. The number of aryl methyl sites for hydroxylation is 1. The van der Waals surface area contributed by atoms with Crippen LogP contribution in [0.3, 0.4) is 0 Å². The Bertz CT molecular complexity index is 1440. The summed E-state index contributed by atoms with van der Waals surface area (Å²) in [5.74, 6) is -1.03. The molecule has 3 aliphatic heterocycles. The van der Waals surface area contributed by atoms with E-state index in [1.807, 2.05) is 19.1 Å². The Labute approximate surface area is 258 Å². The number of likely N-dealkylation sites (N-methyl/N-ethyl adjacent to an activating group) is 1. The van der Waals surface area contributed by atoms with Crippen LogP contribution in [0, 0.1) is 18.3 Å². The van der Waals surface area contributed by atoms with E-state index < -0.39 is 17.8 Å². The van der Waals surface area contributed by atoms with Gasteiger partial charge in [-0.1, -0.05) is 36.4 Å². The van der Waals surface area contributed by atoms with Crippen LogP contribution < -0.4 is 9.64 Å². The first-order chi connectivity index (χ1) is 20.7. The number of fused-ring (bicyclic) bond motifs is 1.